The third-order valence-corrected chi connectivity index (χ3v) is 5.83. The molecule has 1 amide bonds. The monoisotopic (exact) mass is 437 g/mol. The average Bonchev–Trinajstić information content (AvgIpc) is 3.49. The molecule has 1 aliphatic heterocycles. The molecule has 0 radical (unpaired) electrons. The van der Waals surface area contributed by atoms with Crippen molar-refractivity contribution in [1.82, 2.24) is 24.9 Å². The van der Waals surface area contributed by atoms with Crippen LogP contribution in [-0.2, 0) is 4.74 Å². The van der Waals surface area contributed by atoms with Gasteiger partial charge in [0.25, 0.3) is 5.91 Å². The predicted molar refractivity (Wildman–Crippen MR) is 116 cm³/mol. The van der Waals surface area contributed by atoms with Crippen molar-refractivity contribution in [3.8, 4) is 5.69 Å². The smallest absolute Gasteiger partial charge is 0.360 e. The fourth-order valence-corrected chi connectivity index (χ4v) is 4.07. The second-order valence-corrected chi connectivity index (χ2v) is 8.33. The van der Waals surface area contributed by atoms with E-state index in [0.717, 1.165) is 12.8 Å². The number of methoxy groups -OCH3 is 1. The summed E-state index contributed by atoms with van der Waals surface area (Å²) in [5.74, 6) is 0.250. The minimum absolute atomic E-state index is 0.0148. The molecule has 1 aromatic carbocycles. The SMILES string of the molecule is COC(=O)c1nc([C@@H]2CC[C@@H](C)N(C(=O)c3ccccc3-n3nccn3)C2)oc1C(C)C. The molecule has 3 aromatic rings. The first-order valence-corrected chi connectivity index (χ1v) is 10.8. The Kier molecular flexibility index (Phi) is 6.07. The van der Waals surface area contributed by atoms with E-state index in [9.17, 15) is 9.59 Å². The maximum Gasteiger partial charge on any atom is 0.360 e. The molecule has 2 atom stereocenters. The van der Waals surface area contributed by atoms with Gasteiger partial charge in [0.15, 0.2) is 11.6 Å². The van der Waals surface area contributed by atoms with E-state index >= 15 is 0 Å². The van der Waals surface area contributed by atoms with E-state index in [-0.39, 0.29) is 29.5 Å². The summed E-state index contributed by atoms with van der Waals surface area (Å²) in [5, 5.41) is 8.35. The number of rotatable bonds is 5. The van der Waals surface area contributed by atoms with Gasteiger partial charge in [0.1, 0.15) is 5.76 Å². The standard InChI is InChI=1S/C23H27N5O4/c1-14(2)20-19(23(30)31-4)26-21(32-20)16-10-9-15(3)27(13-16)22(29)17-7-5-6-8-18(17)28-24-11-12-25-28/h5-8,11-12,14-16H,9-10,13H2,1-4H3/t15-,16-/m1/s1. The summed E-state index contributed by atoms with van der Waals surface area (Å²) in [6, 6.07) is 7.35. The average molecular weight is 438 g/mol. The minimum Gasteiger partial charge on any atom is -0.464 e. The van der Waals surface area contributed by atoms with Crippen molar-refractivity contribution in [2.24, 2.45) is 0 Å². The van der Waals surface area contributed by atoms with E-state index in [1.165, 1.54) is 11.9 Å². The van der Waals surface area contributed by atoms with E-state index in [4.69, 9.17) is 9.15 Å². The van der Waals surface area contributed by atoms with Crippen LogP contribution in [0.1, 0.15) is 77.9 Å². The molecule has 0 unspecified atom stereocenters. The topological polar surface area (TPSA) is 103 Å². The molecule has 0 spiro atoms. The number of hydrogen-bond acceptors (Lipinski definition) is 7. The number of carbonyl (C=O) groups excluding carboxylic acids is 2. The minimum atomic E-state index is -0.513. The van der Waals surface area contributed by atoms with Crippen molar-refractivity contribution in [2.75, 3.05) is 13.7 Å². The van der Waals surface area contributed by atoms with Crippen LogP contribution in [0.5, 0.6) is 0 Å². The maximum absolute atomic E-state index is 13.6. The van der Waals surface area contributed by atoms with Gasteiger partial charge in [-0.25, -0.2) is 9.78 Å². The first-order chi connectivity index (χ1) is 15.4. The van der Waals surface area contributed by atoms with Crippen LogP contribution in [0.4, 0.5) is 0 Å². The van der Waals surface area contributed by atoms with Gasteiger partial charge in [0.05, 0.1) is 36.7 Å². The number of amides is 1. The highest BCUT2D eigenvalue weighted by Crippen LogP contribution is 2.34. The molecule has 1 fully saturated rings. The summed E-state index contributed by atoms with van der Waals surface area (Å²) in [7, 11) is 1.33. The van der Waals surface area contributed by atoms with E-state index in [0.29, 0.717) is 29.4 Å². The normalized spacial score (nSPS) is 18.7. The van der Waals surface area contributed by atoms with Gasteiger partial charge in [0, 0.05) is 18.5 Å². The second-order valence-electron chi connectivity index (χ2n) is 8.33. The van der Waals surface area contributed by atoms with Gasteiger partial charge < -0.3 is 14.1 Å². The lowest BCUT2D eigenvalue weighted by Crippen LogP contribution is -2.45. The molecular weight excluding hydrogens is 410 g/mol. The van der Waals surface area contributed by atoms with Crippen LogP contribution in [0, 0.1) is 0 Å². The van der Waals surface area contributed by atoms with Gasteiger partial charge in [0.2, 0.25) is 0 Å². The van der Waals surface area contributed by atoms with Gasteiger partial charge in [-0.2, -0.15) is 15.0 Å². The van der Waals surface area contributed by atoms with E-state index in [1.807, 2.05) is 43.9 Å². The largest absolute Gasteiger partial charge is 0.464 e. The van der Waals surface area contributed by atoms with Crippen LogP contribution >= 0.6 is 0 Å². The summed E-state index contributed by atoms with van der Waals surface area (Å²) in [5.41, 5.74) is 1.37. The number of oxazole rings is 1. The second kappa shape index (κ2) is 8.94. The molecule has 1 aliphatic rings. The number of hydrogen-bond donors (Lipinski definition) is 0. The van der Waals surface area contributed by atoms with Crippen LogP contribution in [0.15, 0.2) is 41.1 Å². The van der Waals surface area contributed by atoms with Gasteiger partial charge >= 0.3 is 5.97 Å². The van der Waals surface area contributed by atoms with Crippen molar-refractivity contribution in [1.29, 1.82) is 0 Å². The Morgan fingerprint density at radius 1 is 1.16 bits per heavy atom. The van der Waals surface area contributed by atoms with Gasteiger partial charge in [-0.1, -0.05) is 26.0 Å². The molecule has 168 valence electrons. The number of benzene rings is 1. The lowest BCUT2D eigenvalue weighted by atomic mass is 9.92. The first kappa shape index (κ1) is 21.7. The number of piperidine rings is 1. The summed E-state index contributed by atoms with van der Waals surface area (Å²) in [4.78, 5) is 33.5. The predicted octanol–water partition coefficient (Wildman–Crippen LogP) is 3.57. The summed E-state index contributed by atoms with van der Waals surface area (Å²) < 4.78 is 10.9. The highest BCUT2D eigenvalue weighted by atomic mass is 16.5. The summed E-state index contributed by atoms with van der Waals surface area (Å²) >= 11 is 0. The summed E-state index contributed by atoms with van der Waals surface area (Å²) in [6.45, 7) is 6.36. The molecular formula is C23H27N5O4. The molecule has 4 rings (SSSR count). The third-order valence-electron chi connectivity index (χ3n) is 5.83. The zero-order chi connectivity index (χ0) is 22.8. The molecule has 9 nitrogen and oxygen atoms in total. The molecule has 9 heteroatoms. The Labute approximate surface area is 186 Å². The van der Waals surface area contributed by atoms with Gasteiger partial charge in [-0.3, -0.25) is 4.79 Å². The number of para-hydroxylation sites is 1. The number of likely N-dealkylation sites (tertiary alicyclic amines) is 1. The Bertz CT molecular complexity index is 1110. The van der Waals surface area contributed by atoms with Crippen molar-refractivity contribution < 1.29 is 18.7 Å². The van der Waals surface area contributed by atoms with Gasteiger partial charge in [-0.15, -0.1) is 0 Å². The van der Waals surface area contributed by atoms with Crippen molar-refractivity contribution in [3.05, 3.63) is 59.6 Å². The fraction of sp³-hybridized carbons (Fsp3) is 0.435. The molecule has 2 aromatic heterocycles. The quantitative estimate of drug-likeness (QED) is 0.562. The maximum atomic E-state index is 13.6. The number of esters is 1. The lowest BCUT2D eigenvalue weighted by molar-refractivity contribution is 0.0582. The van der Waals surface area contributed by atoms with Crippen molar-refractivity contribution in [2.45, 2.75) is 51.5 Å². The molecule has 0 N–H and O–H groups in total. The molecule has 0 saturated carbocycles. The third kappa shape index (κ3) is 4.02. The Balaban J connectivity index is 1.63. The Morgan fingerprint density at radius 3 is 2.56 bits per heavy atom. The van der Waals surface area contributed by atoms with E-state index < -0.39 is 5.97 Å². The lowest BCUT2D eigenvalue weighted by Gasteiger charge is -2.37. The first-order valence-electron chi connectivity index (χ1n) is 10.8. The fourth-order valence-electron chi connectivity index (χ4n) is 4.07. The van der Waals surface area contributed by atoms with Crippen LogP contribution in [0.3, 0.4) is 0 Å². The van der Waals surface area contributed by atoms with E-state index in [1.54, 1.807) is 18.5 Å². The number of ether oxygens (including phenoxy) is 1. The Morgan fingerprint density at radius 2 is 1.88 bits per heavy atom. The van der Waals surface area contributed by atoms with Crippen LogP contribution in [0.2, 0.25) is 0 Å². The van der Waals surface area contributed by atoms with Crippen LogP contribution in [0.25, 0.3) is 5.69 Å². The zero-order valence-electron chi connectivity index (χ0n) is 18.7. The summed E-state index contributed by atoms with van der Waals surface area (Å²) in [6.07, 6.45) is 4.76. The number of aromatic nitrogens is 4. The van der Waals surface area contributed by atoms with Crippen LogP contribution in [-0.4, -0.2) is 56.5 Å². The molecule has 3 heterocycles. The number of carbonyl (C=O) groups is 2. The molecule has 1 saturated heterocycles. The van der Waals surface area contributed by atoms with Crippen molar-refractivity contribution >= 4 is 11.9 Å². The van der Waals surface area contributed by atoms with Gasteiger partial charge in [-0.05, 0) is 31.9 Å². The molecule has 32 heavy (non-hydrogen) atoms. The Hall–Kier alpha value is -3.49. The number of nitrogens with zero attached hydrogens (tertiary/aromatic N) is 5. The molecule has 0 aliphatic carbocycles. The highest BCUT2D eigenvalue weighted by Gasteiger charge is 2.35. The van der Waals surface area contributed by atoms with Crippen molar-refractivity contribution in [3.63, 3.8) is 0 Å². The van der Waals surface area contributed by atoms with Crippen LogP contribution < -0.4 is 0 Å². The molecule has 0 bridgehead atoms. The highest BCUT2D eigenvalue weighted by molar-refractivity contribution is 5.98. The zero-order valence-corrected chi connectivity index (χ0v) is 18.7. The van der Waals surface area contributed by atoms with E-state index in [2.05, 4.69) is 15.2 Å².